The second kappa shape index (κ2) is 10.5. The van der Waals surface area contributed by atoms with Crippen molar-refractivity contribution in [3.05, 3.63) is 53.1 Å². The zero-order chi connectivity index (χ0) is 23.3. The third-order valence-electron chi connectivity index (χ3n) is 5.10. The van der Waals surface area contributed by atoms with Gasteiger partial charge in [0.05, 0.1) is 20.8 Å². The summed E-state index contributed by atoms with van der Waals surface area (Å²) in [5.41, 5.74) is 2.11. The van der Waals surface area contributed by atoms with Gasteiger partial charge >= 0.3 is 0 Å². The molecular weight excluding hydrogens is 416 g/mol. The minimum atomic E-state index is -1.57. The van der Waals surface area contributed by atoms with E-state index in [0.29, 0.717) is 17.1 Å². The molecule has 1 fully saturated rings. The van der Waals surface area contributed by atoms with Gasteiger partial charge in [-0.1, -0.05) is 30.2 Å². The molecule has 2 aromatic carbocycles. The van der Waals surface area contributed by atoms with E-state index in [2.05, 4.69) is 5.92 Å². The van der Waals surface area contributed by atoms with Crippen molar-refractivity contribution in [3.63, 3.8) is 0 Å². The first kappa shape index (κ1) is 23.6. The van der Waals surface area contributed by atoms with E-state index >= 15 is 0 Å². The van der Waals surface area contributed by atoms with Crippen LogP contribution in [0.1, 0.15) is 16.7 Å². The van der Waals surface area contributed by atoms with E-state index in [1.807, 2.05) is 30.3 Å². The lowest BCUT2D eigenvalue weighted by atomic mass is 9.99. The van der Waals surface area contributed by atoms with Gasteiger partial charge in [0, 0.05) is 17.2 Å². The zero-order valence-corrected chi connectivity index (χ0v) is 17.7. The van der Waals surface area contributed by atoms with Crippen LogP contribution in [0.2, 0.25) is 0 Å². The molecule has 0 saturated carbocycles. The smallest absolute Gasteiger partial charge is 0.229 e. The van der Waals surface area contributed by atoms with Crippen molar-refractivity contribution in [3.8, 4) is 29.6 Å². The third kappa shape index (κ3) is 5.05. The summed E-state index contributed by atoms with van der Waals surface area (Å²) in [7, 11) is 2.95. The SMILES string of the molecule is C#Cc1cccc(/C=C/c2cc(OC)cc(OC)c2OC2O[C@H](CO)[C@@H](O)[C@H](O)[C@H]2O)c1. The number of benzene rings is 2. The highest BCUT2D eigenvalue weighted by Crippen LogP contribution is 2.39. The molecule has 2 aromatic rings. The summed E-state index contributed by atoms with van der Waals surface area (Å²) in [4.78, 5) is 0. The molecule has 0 bridgehead atoms. The summed E-state index contributed by atoms with van der Waals surface area (Å²) in [6.07, 6.45) is 1.93. The molecule has 0 aliphatic carbocycles. The van der Waals surface area contributed by atoms with Crippen LogP contribution >= 0.6 is 0 Å². The average molecular weight is 442 g/mol. The molecule has 1 saturated heterocycles. The Morgan fingerprint density at radius 2 is 1.81 bits per heavy atom. The summed E-state index contributed by atoms with van der Waals surface area (Å²) >= 11 is 0. The fraction of sp³-hybridized carbons (Fsp3) is 0.333. The molecule has 0 aromatic heterocycles. The summed E-state index contributed by atoms with van der Waals surface area (Å²) in [6.45, 7) is -0.567. The van der Waals surface area contributed by atoms with Crippen LogP contribution in [0.4, 0.5) is 0 Å². The Balaban J connectivity index is 1.99. The molecule has 1 heterocycles. The van der Waals surface area contributed by atoms with E-state index in [0.717, 1.165) is 11.1 Å². The molecule has 1 unspecified atom stereocenters. The second-order valence-corrected chi connectivity index (χ2v) is 7.17. The molecule has 5 atom stereocenters. The first-order valence-electron chi connectivity index (χ1n) is 9.89. The normalized spacial score (nSPS) is 25.3. The van der Waals surface area contributed by atoms with Crippen LogP contribution in [0, 0.1) is 12.3 Å². The average Bonchev–Trinajstić information content (AvgIpc) is 2.83. The molecular formula is C24H26O8. The lowest BCUT2D eigenvalue weighted by Crippen LogP contribution is -2.60. The van der Waals surface area contributed by atoms with Gasteiger partial charge in [-0.3, -0.25) is 0 Å². The van der Waals surface area contributed by atoms with Crippen molar-refractivity contribution in [1.82, 2.24) is 0 Å². The van der Waals surface area contributed by atoms with E-state index in [4.69, 9.17) is 25.4 Å². The predicted molar refractivity (Wildman–Crippen MR) is 117 cm³/mol. The monoisotopic (exact) mass is 442 g/mol. The minimum absolute atomic E-state index is 0.210. The Hall–Kier alpha value is -3.06. The second-order valence-electron chi connectivity index (χ2n) is 7.17. The van der Waals surface area contributed by atoms with Gasteiger partial charge in [-0.15, -0.1) is 6.42 Å². The topological polar surface area (TPSA) is 118 Å². The van der Waals surface area contributed by atoms with Crippen molar-refractivity contribution in [2.75, 3.05) is 20.8 Å². The van der Waals surface area contributed by atoms with Crippen LogP contribution in [-0.2, 0) is 4.74 Å². The van der Waals surface area contributed by atoms with E-state index in [1.54, 1.807) is 18.2 Å². The number of aliphatic hydroxyl groups excluding tert-OH is 4. The van der Waals surface area contributed by atoms with Crippen molar-refractivity contribution < 1.29 is 39.4 Å². The first-order chi connectivity index (χ1) is 15.4. The number of ether oxygens (including phenoxy) is 4. The number of terminal acetylenes is 1. The van der Waals surface area contributed by atoms with E-state index in [9.17, 15) is 20.4 Å². The van der Waals surface area contributed by atoms with Gasteiger partial charge in [-0.25, -0.2) is 0 Å². The van der Waals surface area contributed by atoms with Crippen LogP contribution in [0.3, 0.4) is 0 Å². The Kier molecular flexibility index (Phi) is 7.75. The van der Waals surface area contributed by atoms with Crippen molar-refractivity contribution in [1.29, 1.82) is 0 Å². The van der Waals surface area contributed by atoms with Crippen LogP contribution in [-0.4, -0.2) is 72.0 Å². The summed E-state index contributed by atoms with van der Waals surface area (Å²) < 4.78 is 22.1. The van der Waals surface area contributed by atoms with Gasteiger partial charge in [0.25, 0.3) is 0 Å². The van der Waals surface area contributed by atoms with E-state index < -0.39 is 37.3 Å². The van der Waals surface area contributed by atoms with E-state index in [-0.39, 0.29) is 5.75 Å². The third-order valence-corrected chi connectivity index (χ3v) is 5.10. The zero-order valence-electron chi connectivity index (χ0n) is 17.7. The highest BCUT2D eigenvalue weighted by Gasteiger charge is 2.45. The van der Waals surface area contributed by atoms with Crippen molar-refractivity contribution in [2.24, 2.45) is 0 Å². The Bertz CT molecular complexity index is 994. The summed E-state index contributed by atoms with van der Waals surface area (Å²) in [5.74, 6) is 3.58. The molecule has 4 N–H and O–H groups in total. The quantitative estimate of drug-likeness (QED) is 0.371. The maximum absolute atomic E-state index is 10.4. The van der Waals surface area contributed by atoms with Crippen LogP contribution in [0.5, 0.6) is 17.2 Å². The molecule has 0 spiro atoms. The van der Waals surface area contributed by atoms with Crippen LogP contribution in [0.25, 0.3) is 12.2 Å². The summed E-state index contributed by atoms with van der Waals surface area (Å²) in [6, 6.07) is 10.7. The van der Waals surface area contributed by atoms with Gasteiger partial charge in [-0.05, 0) is 23.8 Å². The minimum Gasteiger partial charge on any atom is -0.497 e. The number of hydrogen-bond donors (Lipinski definition) is 4. The fourth-order valence-electron chi connectivity index (χ4n) is 3.32. The van der Waals surface area contributed by atoms with Gasteiger partial charge < -0.3 is 39.4 Å². The maximum atomic E-state index is 10.4. The fourth-order valence-corrected chi connectivity index (χ4v) is 3.32. The van der Waals surface area contributed by atoms with E-state index in [1.165, 1.54) is 14.2 Å². The van der Waals surface area contributed by atoms with Crippen molar-refractivity contribution >= 4 is 12.2 Å². The van der Waals surface area contributed by atoms with Crippen LogP contribution in [0.15, 0.2) is 36.4 Å². The predicted octanol–water partition coefficient (Wildman–Crippen LogP) is 1.03. The lowest BCUT2D eigenvalue weighted by molar-refractivity contribution is -0.277. The summed E-state index contributed by atoms with van der Waals surface area (Å²) in [5, 5.41) is 39.9. The number of aliphatic hydroxyl groups is 4. The molecule has 32 heavy (non-hydrogen) atoms. The van der Waals surface area contributed by atoms with Gasteiger partial charge in [0.2, 0.25) is 6.29 Å². The standard InChI is InChI=1S/C24H26O8/c1-4-14-6-5-7-15(10-14)8-9-16-11-17(29-2)12-18(30-3)23(16)32-24-22(28)21(27)20(26)19(13-25)31-24/h1,5-12,19-22,24-28H,13H2,2-3H3/b9-8+/t19-,20-,21+,22-,24?/m1/s1. The highest BCUT2D eigenvalue weighted by molar-refractivity contribution is 5.75. The molecule has 170 valence electrons. The first-order valence-corrected chi connectivity index (χ1v) is 9.89. The Morgan fingerprint density at radius 3 is 2.47 bits per heavy atom. The molecule has 1 aliphatic rings. The highest BCUT2D eigenvalue weighted by atomic mass is 16.7. The largest absolute Gasteiger partial charge is 0.497 e. The number of hydrogen-bond acceptors (Lipinski definition) is 8. The lowest BCUT2D eigenvalue weighted by Gasteiger charge is -2.39. The molecule has 8 nitrogen and oxygen atoms in total. The molecule has 0 radical (unpaired) electrons. The van der Waals surface area contributed by atoms with Gasteiger partial charge in [0.1, 0.15) is 30.2 Å². The molecule has 0 amide bonds. The molecule has 3 rings (SSSR count). The number of methoxy groups -OCH3 is 2. The molecule has 1 aliphatic heterocycles. The Morgan fingerprint density at radius 1 is 1.03 bits per heavy atom. The van der Waals surface area contributed by atoms with Gasteiger partial charge in [-0.2, -0.15) is 0 Å². The Labute approximate surface area is 186 Å². The van der Waals surface area contributed by atoms with Crippen LogP contribution < -0.4 is 14.2 Å². The van der Waals surface area contributed by atoms with Crippen molar-refractivity contribution in [2.45, 2.75) is 30.7 Å². The maximum Gasteiger partial charge on any atom is 0.229 e. The number of rotatable bonds is 7. The molecule has 8 heteroatoms. The van der Waals surface area contributed by atoms with Gasteiger partial charge in [0.15, 0.2) is 11.5 Å².